The first-order chi connectivity index (χ1) is 14.3. The number of nitrogens with one attached hydrogen (secondary N) is 3. The van der Waals surface area contributed by atoms with Gasteiger partial charge < -0.3 is 4.98 Å². The normalized spacial score (nSPS) is 11.6. The van der Waals surface area contributed by atoms with Crippen LogP contribution in [0.4, 0.5) is 0 Å². The molecule has 0 spiro atoms. The smallest absolute Gasteiger partial charge is 0.147 e. The summed E-state index contributed by atoms with van der Waals surface area (Å²) in [6.07, 6.45) is 9.25. The fourth-order valence-electron chi connectivity index (χ4n) is 3.72. The summed E-state index contributed by atoms with van der Waals surface area (Å²) >= 11 is 0. The summed E-state index contributed by atoms with van der Waals surface area (Å²) in [7, 11) is 0. The monoisotopic (exact) mass is 380 g/mol. The maximum Gasteiger partial charge on any atom is 0.147 e. The predicted octanol–water partition coefficient (Wildman–Crippen LogP) is 3.99. The van der Waals surface area contributed by atoms with E-state index in [1.54, 1.807) is 12.5 Å². The van der Waals surface area contributed by atoms with Crippen LogP contribution in [-0.4, -0.2) is 39.9 Å². The van der Waals surface area contributed by atoms with Gasteiger partial charge in [-0.05, 0) is 36.8 Å². The maximum atomic E-state index is 4.57. The Kier molecular flexibility index (Phi) is 3.22. The van der Waals surface area contributed by atoms with Crippen molar-refractivity contribution in [3.63, 3.8) is 0 Å². The number of benzene rings is 1. The molecule has 5 aromatic heterocycles. The number of nitrogens with zero attached hydrogens (tertiary/aromatic N) is 5. The Morgan fingerprint density at radius 3 is 2.76 bits per heavy atom. The molecule has 0 saturated heterocycles. The van der Waals surface area contributed by atoms with Crippen molar-refractivity contribution >= 4 is 21.8 Å². The van der Waals surface area contributed by atoms with Crippen LogP contribution >= 0.6 is 0 Å². The molecule has 0 aliphatic heterocycles. The minimum absolute atomic E-state index is 0.838. The summed E-state index contributed by atoms with van der Waals surface area (Å²) in [4.78, 5) is 12.4. The van der Waals surface area contributed by atoms with Crippen LogP contribution in [0.25, 0.3) is 50.1 Å². The molecule has 6 aromatic rings. The first-order valence-corrected chi connectivity index (χ1v) is 9.22. The van der Waals surface area contributed by atoms with E-state index in [9.17, 15) is 0 Å². The molecule has 0 saturated carbocycles. The summed E-state index contributed by atoms with van der Waals surface area (Å²) in [5.74, 6) is 0.838. The van der Waals surface area contributed by atoms with Crippen LogP contribution < -0.4 is 0 Å². The third-order valence-corrected chi connectivity index (χ3v) is 5.13. The molecule has 0 atom stereocenters. The van der Waals surface area contributed by atoms with E-state index in [0.717, 1.165) is 55.8 Å². The van der Waals surface area contributed by atoms with Gasteiger partial charge in [0.1, 0.15) is 17.8 Å². The number of H-pyrrole nitrogens is 3. The molecule has 0 unspecified atom stereocenters. The largest absolute Gasteiger partial charge is 0.353 e. The van der Waals surface area contributed by atoms with Crippen LogP contribution in [0.15, 0.2) is 61.4 Å². The highest BCUT2D eigenvalue weighted by Crippen LogP contribution is 2.32. The van der Waals surface area contributed by atoms with E-state index >= 15 is 0 Å². The van der Waals surface area contributed by atoms with Crippen molar-refractivity contribution < 1.29 is 0 Å². The lowest BCUT2D eigenvalue weighted by Gasteiger charge is -2.01. The lowest BCUT2D eigenvalue weighted by atomic mass is 10.1. The number of aromatic nitrogens is 8. The molecular weight excluding hydrogens is 364 g/mol. The molecule has 0 aliphatic carbocycles. The maximum absolute atomic E-state index is 4.57. The average molecular weight is 380 g/mol. The second-order valence-corrected chi connectivity index (χ2v) is 7.02. The fraction of sp³-hybridized carbons (Fsp3) is 0.0476. The van der Waals surface area contributed by atoms with Crippen molar-refractivity contribution in [2.75, 3.05) is 0 Å². The van der Waals surface area contributed by atoms with E-state index in [4.69, 9.17) is 0 Å². The standard InChI is InChI=1S/C21H16N8/c1-12-10-29(11-23-12)21-16-7-19(26-17(16)4-5-22-21)20-15-6-13(14-8-24-25-9-14)2-3-18(15)27-28-20/h2-11,26H,1H3,(H,24,25)(H,27,28). The molecule has 6 rings (SSSR count). The number of aromatic amines is 3. The zero-order chi connectivity index (χ0) is 19.4. The van der Waals surface area contributed by atoms with Gasteiger partial charge in [0.2, 0.25) is 0 Å². The van der Waals surface area contributed by atoms with Crippen LogP contribution in [0.3, 0.4) is 0 Å². The van der Waals surface area contributed by atoms with Crippen molar-refractivity contribution in [2.45, 2.75) is 6.92 Å². The van der Waals surface area contributed by atoms with E-state index < -0.39 is 0 Å². The van der Waals surface area contributed by atoms with Gasteiger partial charge in [0.15, 0.2) is 0 Å². The highest BCUT2D eigenvalue weighted by atomic mass is 15.1. The molecule has 8 heteroatoms. The molecule has 29 heavy (non-hydrogen) atoms. The van der Waals surface area contributed by atoms with Crippen LogP contribution in [0.5, 0.6) is 0 Å². The van der Waals surface area contributed by atoms with Crippen LogP contribution in [0, 0.1) is 6.92 Å². The summed E-state index contributed by atoms with van der Waals surface area (Å²) in [5.41, 5.74) is 6.85. The molecular formula is C21H16N8. The topological polar surface area (TPSA) is 104 Å². The highest BCUT2D eigenvalue weighted by Gasteiger charge is 2.15. The molecule has 0 amide bonds. The summed E-state index contributed by atoms with van der Waals surface area (Å²) in [5, 5.41) is 16.7. The zero-order valence-electron chi connectivity index (χ0n) is 15.5. The van der Waals surface area contributed by atoms with Crippen LogP contribution in [-0.2, 0) is 0 Å². The Bertz CT molecular complexity index is 1470. The van der Waals surface area contributed by atoms with Gasteiger partial charge in [0.05, 0.1) is 28.6 Å². The Morgan fingerprint density at radius 1 is 0.966 bits per heavy atom. The molecule has 0 aliphatic rings. The number of imidazole rings is 1. The first kappa shape index (κ1) is 15.8. The second kappa shape index (κ2) is 5.90. The van der Waals surface area contributed by atoms with Crippen LogP contribution in [0.2, 0.25) is 0 Å². The van der Waals surface area contributed by atoms with E-state index in [1.165, 1.54) is 0 Å². The molecule has 8 nitrogen and oxygen atoms in total. The van der Waals surface area contributed by atoms with Gasteiger partial charge in [0.25, 0.3) is 0 Å². The van der Waals surface area contributed by atoms with E-state index in [-0.39, 0.29) is 0 Å². The quantitative estimate of drug-likeness (QED) is 0.432. The van der Waals surface area contributed by atoms with Gasteiger partial charge in [-0.1, -0.05) is 6.07 Å². The third kappa shape index (κ3) is 2.46. The number of hydrogen-bond donors (Lipinski definition) is 3. The van der Waals surface area contributed by atoms with Crippen molar-refractivity contribution in [1.29, 1.82) is 0 Å². The summed E-state index contributed by atoms with van der Waals surface area (Å²) < 4.78 is 1.94. The molecule has 1 aromatic carbocycles. The zero-order valence-corrected chi connectivity index (χ0v) is 15.5. The van der Waals surface area contributed by atoms with Gasteiger partial charge >= 0.3 is 0 Å². The lowest BCUT2D eigenvalue weighted by molar-refractivity contribution is 1.01. The van der Waals surface area contributed by atoms with E-state index in [1.807, 2.05) is 42.2 Å². The third-order valence-electron chi connectivity index (χ3n) is 5.13. The van der Waals surface area contributed by atoms with Gasteiger partial charge in [-0.15, -0.1) is 0 Å². The Balaban J connectivity index is 1.53. The average Bonchev–Trinajstić information content (AvgIpc) is 3.51. The van der Waals surface area contributed by atoms with Crippen LogP contribution in [0.1, 0.15) is 5.69 Å². The minimum atomic E-state index is 0.838. The Hall–Kier alpha value is -4.20. The Labute approximate surface area is 164 Å². The lowest BCUT2D eigenvalue weighted by Crippen LogP contribution is -1.94. The highest BCUT2D eigenvalue weighted by molar-refractivity contribution is 5.98. The van der Waals surface area contributed by atoms with E-state index in [0.29, 0.717) is 0 Å². The summed E-state index contributed by atoms with van der Waals surface area (Å²) in [6.45, 7) is 1.96. The van der Waals surface area contributed by atoms with Crippen molar-refractivity contribution in [2.24, 2.45) is 0 Å². The Morgan fingerprint density at radius 2 is 1.93 bits per heavy atom. The fourth-order valence-corrected chi connectivity index (χ4v) is 3.72. The number of pyridine rings is 1. The molecule has 3 N–H and O–H groups in total. The SMILES string of the molecule is Cc1cn(-c2nccc3[nH]c(-c4n[nH]c5ccc(-c6cn[nH]c6)cc45)cc23)cn1. The number of fused-ring (bicyclic) bond motifs is 2. The number of rotatable bonds is 3. The minimum Gasteiger partial charge on any atom is -0.353 e. The van der Waals surface area contributed by atoms with E-state index in [2.05, 4.69) is 53.5 Å². The number of aryl methyl sites for hydroxylation is 1. The van der Waals surface area contributed by atoms with Gasteiger partial charge in [0, 0.05) is 34.9 Å². The second-order valence-electron chi connectivity index (χ2n) is 7.02. The van der Waals surface area contributed by atoms with Crippen molar-refractivity contribution in [3.05, 3.63) is 67.1 Å². The van der Waals surface area contributed by atoms with Crippen molar-refractivity contribution in [3.8, 4) is 28.3 Å². The van der Waals surface area contributed by atoms with Gasteiger partial charge in [-0.2, -0.15) is 10.2 Å². The predicted molar refractivity (Wildman–Crippen MR) is 111 cm³/mol. The molecule has 140 valence electrons. The van der Waals surface area contributed by atoms with Gasteiger partial charge in [-0.3, -0.25) is 14.8 Å². The number of hydrogen-bond acceptors (Lipinski definition) is 4. The van der Waals surface area contributed by atoms with Gasteiger partial charge in [-0.25, -0.2) is 9.97 Å². The first-order valence-electron chi connectivity index (χ1n) is 9.22. The van der Waals surface area contributed by atoms with Crippen molar-refractivity contribution in [1.82, 2.24) is 39.9 Å². The molecule has 5 heterocycles. The molecule has 0 fully saturated rings. The molecule has 0 bridgehead atoms. The molecule has 0 radical (unpaired) electrons. The summed E-state index contributed by atoms with van der Waals surface area (Å²) in [6, 6.07) is 10.3.